The summed E-state index contributed by atoms with van der Waals surface area (Å²) in [4.78, 5) is 11.7. The summed E-state index contributed by atoms with van der Waals surface area (Å²) in [7, 11) is 0. The van der Waals surface area contributed by atoms with Gasteiger partial charge in [-0.1, -0.05) is 0 Å². The van der Waals surface area contributed by atoms with E-state index in [-0.39, 0.29) is 30.2 Å². The van der Waals surface area contributed by atoms with E-state index in [2.05, 4.69) is 0 Å². The fourth-order valence-electron chi connectivity index (χ4n) is 3.74. The Morgan fingerprint density at radius 1 is 1.38 bits per heavy atom. The summed E-state index contributed by atoms with van der Waals surface area (Å²) >= 11 is 0. The maximum atomic E-state index is 11.7. The van der Waals surface area contributed by atoms with Crippen molar-refractivity contribution >= 4 is 5.97 Å². The molecule has 16 heavy (non-hydrogen) atoms. The predicted octanol–water partition coefficient (Wildman–Crippen LogP) is 0.724. The number of aliphatic hydroxyl groups excluding tert-OH is 1. The van der Waals surface area contributed by atoms with Gasteiger partial charge in [-0.05, 0) is 31.6 Å². The molecule has 0 amide bonds. The van der Waals surface area contributed by atoms with Crippen molar-refractivity contribution in [3.05, 3.63) is 0 Å². The molecule has 2 bridgehead atoms. The van der Waals surface area contributed by atoms with Gasteiger partial charge in [-0.2, -0.15) is 0 Å². The van der Waals surface area contributed by atoms with Crippen molar-refractivity contribution in [2.75, 3.05) is 6.61 Å². The van der Waals surface area contributed by atoms with Crippen LogP contribution in [0.3, 0.4) is 0 Å². The smallest absolute Gasteiger partial charge is 0.308 e. The van der Waals surface area contributed by atoms with E-state index < -0.39 is 0 Å². The highest BCUT2D eigenvalue weighted by Crippen LogP contribution is 2.53. The highest BCUT2D eigenvalue weighted by Gasteiger charge is 2.58. The first-order valence-electron chi connectivity index (χ1n) is 6.21. The number of ether oxygens (including phenoxy) is 2. The lowest BCUT2D eigenvalue weighted by molar-refractivity contribution is -0.148. The van der Waals surface area contributed by atoms with Gasteiger partial charge in [-0.3, -0.25) is 4.79 Å². The predicted molar refractivity (Wildman–Crippen MR) is 55.6 cm³/mol. The molecule has 2 heterocycles. The summed E-state index contributed by atoms with van der Waals surface area (Å²) in [5, 5.41) is 9.75. The third-order valence-electron chi connectivity index (χ3n) is 4.37. The summed E-state index contributed by atoms with van der Waals surface area (Å²) in [5.74, 6) is 0.825. The van der Waals surface area contributed by atoms with Gasteiger partial charge in [0, 0.05) is 6.42 Å². The second-order valence-corrected chi connectivity index (χ2v) is 5.19. The Bertz CT molecular complexity index is 303. The third-order valence-corrected chi connectivity index (χ3v) is 4.37. The van der Waals surface area contributed by atoms with E-state index in [1.54, 1.807) is 0 Å². The summed E-state index contributed by atoms with van der Waals surface area (Å²) in [6.07, 6.45) is 2.33. The van der Waals surface area contributed by atoms with E-state index in [9.17, 15) is 9.90 Å². The molecule has 3 rings (SSSR count). The van der Waals surface area contributed by atoms with Crippen molar-refractivity contribution in [3.8, 4) is 0 Å². The first-order chi connectivity index (χ1) is 7.70. The van der Waals surface area contributed by atoms with Gasteiger partial charge in [0.1, 0.15) is 0 Å². The van der Waals surface area contributed by atoms with Crippen LogP contribution in [0.2, 0.25) is 0 Å². The molecule has 1 N–H and O–H groups in total. The van der Waals surface area contributed by atoms with E-state index in [0.29, 0.717) is 18.4 Å². The van der Waals surface area contributed by atoms with Crippen LogP contribution in [-0.4, -0.2) is 36.0 Å². The van der Waals surface area contributed by atoms with Crippen molar-refractivity contribution in [3.63, 3.8) is 0 Å². The molecule has 0 aromatic carbocycles. The average Bonchev–Trinajstić information content (AvgIpc) is 2.86. The van der Waals surface area contributed by atoms with E-state index >= 15 is 0 Å². The number of carbonyl (C=O) groups is 1. The summed E-state index contributed by atoms with van der Waals surface area (Å²) in [5.41, 5.74) is 0. The molecule has 2 aliphatic heterocycles. The van der Waals surface area contributed by atoms with Crippen LogP contribution < -0.4 is 0 Å². The quantitative estimate of drug-likeness (QED) is 0.705. The maximum absolute atomic E-state index is 11.7. The summed E-state index contributed by atoms with van der Waals surface area (Å²) in [6.45, 7) is 2.29. The minimum Gasteiger partial charge on any atom is -0.466 e. The molecule has 6 unspecified atom stereocenters. The second kappa shape index (κ2) is 3.70. The van der Waals surface area contributed by atoms with Crippen LogP contribution in [0.15, 0.2) is 0 Å². The lowest BCUT2D eigenvalue weighted by atomic mass is 9.80. The second-order valence-electron chi connectivity index (χ2n) is 5.19. The lowest BCUT2D eigenvalue weighted by Crippen LogP contribution is -2.33. The zero-order valence-electron chi connectivity index (χ0n) is 9.46. The lowest BCUT2D eigenvalue weighted by Gasteiger charge is -2.23. The molecule has 0 radical (unpaired) electrons. The molecule has 90 valence electrons. The molecule has 1 saturated carbocycles. The molecular weight excluding hydrogens is 208 g/mol. The maximum Gasteiger partial charge on any atom is 0.308 e. The van der Waals surface area contributed by atoms with Gasteiger partial charge < -0.3 is 14.6 Å². The van der Waals surface area contributed by atoms with Crippen LogP contribution in [0.5, 0.6) is 0 Å². The minimum absolute atomic E-state index is 0.0190. The number of hydrogen-bond donors (Lipinski definition) is 1. The molecule has 2 saturated heterocycles. The van der Waals surface area contributed by atoms with Crippen molar-refractivity contribution in [2.45, 2.75) is 44.5 Å². The van der Waals surface area contributed by atoms with Gasteiger partial charge in [-0.25, -0.2) is 0 Å². The molecule has 0 aromatic rings. The van der Waals surface area contributed by atoms with Crippen LogP contribution in [0, 0.1) is 17.8 Å². The Balaban J connectivity index is 1.68. The van der Waals surface area contributed by atoms with E-state index in [0.717, 1.165) is 19.3 Å². The number of aliphatic hydroxyl groups is 1. The largest absolute Gasteiger partial charge is 0.466 e. The van der Waals surface area contributed by atoms with Crippen LogP contribution in [0.25, 0.3) is 0 Å². The zero-order valence-corrected chi connectivity index (χ0v) is 9.46. The number of rotatable bonds is 2. The molecule has 0 spiro atoms. The first kappa shape index (κ1) is 10.5. The van der Waals surface area contributed by atoms with Gasteiger partial charge in [0.15, 0.2) is 0 Å². The minimum atomic E-state index is -0.313. The normalized spacial score (nSPS) is 49.4. The Hall–Kier alpha value is -0.610. The fourth-order valence-corrected chi connectivity index (χ4v) is 3.74. The highest BCUT2D eigenvalue weighted by molar-refractivity contribution is 5.73. The SMILES string of the molecule is CCOC(=O)C1CC2C3CC(O)C(O3)C2C1. The van der Waals surface area contributed by atoms with Crippen molar-refractivity contribution in [1.29, 1.82) is 0 Å². The molecular formula is C12H18O4. The Labute approximate surface area is 94.9 Å². The molecule has 0 aromatic heterocycles. The number of esters is 1. The van der Waals surface area contributed by atoms with E-state index in [1.165, 1.54) is 0 Å². The Morgan fingerprint density at radius 2 is 2.12 bits per heavy atom. The average molecular weight is 226 g/mol. The van der Waals surface area contributed by atoms with Gasteiger partial charge >= 0.3 is 5.97 Å². The molecule has 6 atom stereocenters. The van der Waals surface area contributed by atoms with Gasteiger partial charge in [0.05, 0.1) is 30.8 Å². The number of fused-ring (bicyclic) bond motifs is 5. The van der Waals surface area contributed by atoms with Crippen LogP contribution in [0.4, 0.5) is 0 Å². The topological polar surface area (TPSA) is 55.8 Å². The zero-order chi connectivity index (χ0) is 11.3. The van der Waals surface area contributed by atoms with Crippen molar-refractivity contribution < 1.29 is 19.4 Å². The molecule has 4 heteroatoms. The molecule has 4 nitrogen and oxygen atoms in total. The highest BCUT2D eigenvalue weighted by atomic mass is 16.5. The molecule has 1 aliphatic carbocycles. The fraction of sp³-hybridized carbons (Fsp3) is 0.917. The monoisotopic (exact) mass is 226 g/mol. The van der Waals surface area contributed by atoms with Crippen LogP contribution >= 0.6 is 0 Å². The molecule has 3 aliphatic rings. The third kappa shape index (κ3) is 1.39. The van der Waals surface area contributed by atoms with Crippen molar-refractivity contribution in [1.82, 2.24) is 0 Å². The summed E-state index contributed by atoms with van der Waals surface area (Å²) < 4.78 is 10.8. The van der Waals surface area contributed by atoms with Crippen LogP contribution in [0.1, 0.15) is 26.2 Å². The van der Waals surface area contributed by atoms with Crippen molar-refractivity contribution in [2.24, 2.45) is 17.8 Å². The summed E-state index contributed by atoms with van der Waals surface area (Å²) in [6, 6.07) is 0. The molecule has 3 fully saturated rings. The number of carbonyl (C=O) groups excluding carboxylic acids is 1. The van der Waals surface area contributed by atoms with Gasteiger partial charge in [0.25, 0.3) is 0 Å². The Morgan fingerprint density at radius 3 is 2.88 bits per heavy atom. The first-order valence-corrected chi connectivity index (χ1v) is 6.21. The van der Waals surface area contributed by atoms with E-state index in [1.807, 2.05) is 6.92 Å². The van der Waals surface area contributed by atoms with Gasteiger partial charge in [-0.15, -0.1) is 0 Å². The number of hydrogen-bond acceptors (Lipinski definition) is 4. The van der Waals surface area contributed by atoms with Gasteiger partial charge in [0.2, 0.25) is 0 Å². The van der Waals surface area contributed by atoms with Crippen LogP contribution in [-0.2, 0) is 14.3 Å². The Kier molecular flexibility index (Phi) is 2.44. The standard InChI is InChI=1S/C12H18O4/c1-2-15-12(14)6-3-7-8(4-6)11-9(13)5-10(7)16-11/h6-11,13H,2-5H2,1H3. The van der Waals surface area contributed by atoms with E-state index in [4.69, 9.17) is 9.47 Å².